The average Bonchev–Trinajstić information content (AvgIpc) is 3.20. The van der Waals surface area contributed by atoms with Gasteiger partial charge < -0.3 is 15.6 Å². The quantitative estimate of drug-likeness (QED) is 0.317. The van der Waals surface area contributed by atoms with Gasteiger partial charge in [0, 0.05) is 10.7 Å². The molecule has 0 aliphatic carbocycles. The number of ether oxygens (including phenoxy) is 1. The van der Waals surface area contributed by atoms with E-state index < -0.39 is 11.7 Å². The molecule has 0 fully saturated rings. The average molecular weight is 575 g/mol. The summed E-state index contributed by atoms with van der Waals surface area (Å²) in [5, 5.41) is 14.6. The molecule has 12 heteroatoms. The Hall–Kier alpha value is -3.28. The van der Waals surface area contributed by atoms with Crippen molar-refractivity contribution < 1.29 is 14.6 Å². The molecule has 3 heterocycles. The number of benzene rings is 1. The van der Waals surface area contributed by atoms with Crippen molar-refractivity contribution >= 4 is 56.2 Å². The molecule has 4 aromatic rings. The summed E-state index contributed by atoms with van der Waals surface area (Å²) in [6.45, 7) is 5.81. The molecule has 10 nitrogen and oxygen atoms in total. The largest absolute Gasteiger partial charge is 0.443 e. The number of nitrogen functional groups attached to an aromatic ring is 1. The van der Waals surface area contributed by atoms with Gasteiger partial charge in [-0.2, -0.15) is 10.1 Å². The van der Waals surface area contributed by atoms with E-state index in [1.54, 1.807) is 50.1 Å². The highest BCUT2D eigenvalue weighted by Crippen LogP contribution is 2.27. The second kappa shape index (κ2) is 10.4. The van der Waals surface area contributed by atoms with Gasteiger partial charge in [-0.1, -0.05) is 28.1 Å². The predicted molar refractivity (Wildman–Crippen MR) is 141 cm³/mol. The Bertz CT molecular complexity index is 1420. The van der Waals surface area contributed by atoms with Gasteiger partial charge in [0.1, 0.15) is 11.4 Å². The molecular weight excluding hydrogens is 550 g/mol. The summed E-state index contributed by atoms with van der Waals surface area (Å²) in [4.78, 5) is 27.0. The van der Waals surface area contributed by atoms with Crippen molar-refractivity contribution in [2.75, 3.05) is 10.6 Å². The Morgan fingerprint density at radius 1 is 1.19 bits per heavy atom. The van der Waals surface area contributed by atoms with Crippen LogP contribution in [0.2, 0.25) is 5.28 Å². The Kier molecular flexibility index (Phi) is 7.43. The molecule has 1 aromatic carbocycles. The molecule has 188 valence electrons. The van der Waals surface area contributed by atoms with Crippen molar-refractivity contribution in [3.63, 3.8) is 0 Å². The van der Waals surface area contributed by atoms with Crippen LogP contribution in [0.15, 0.2) is 47.3 Å². The minimum absolute atomic E-state index is 0.0463. The van der Waals surface area contributed by atoms with Gasteiger partial charge in [-0.15, -0.1) is 0 Å². The van der Waals surface area contributed by atoms with E-state index in [9.17, 15) is 9.90 Å². The molecule has 0 spiro atoms. The van der Waals surface area contributed by atoms with Crippen molar-refractivity contribution in [3.05, 3.63) is 69.3 Å². The summed E-state index contributed by atoms with van der Waals surface area (Å²) in [6.07, 6.45) is 4.18. The lowest BCUT2D eigenvalue weighted by atomic mass is 10.1. The van der Waals surface area contributed by atoms with Gasteiger partial charge in [0.2, 0.25) is 5.28 Å². The summed E-state index contributed by atoms with van der Waals surface area (Å²) < 4.78 is 8.15. The fourth-order valence-electron chi connectivity index (χ4n) is 3.54. The lowest BCUT2D eigenvalue weighted by Gasteiger charge is -2.28. The van der Waals surface area contributed by atoms with Crippen molar-refractivity contribution in [3.8, 4) is 0 Å². The van der Waals surface area contributed by atoms with Crippen LogP contribution in [0.25, 0.3) is 11.0 Å². The topological polar surface area (TPSA) is 132 Å². The van der Waals surface area contributed by atoms with Gasteiger partial charge in [0.15, 0.2) is 5.65 Å². The molecule has 0 bridgehead atoms. The number of halogens is 2. The Morgan fingerprint density at radius 3 is 2.69 bits per heavy atom. The molecule has 0 saturated heterocycles. The third-order valence-corrected chi connectivity index (χ3v) is 6.10. The minimum Gasteiger partial charge on any atom is -0.443 e. The molecule has 3 N–H and O–H groups in total. The number of nitrogens with zero attached hydrogens (tertiary/aromatic N) is 6. The summed E-state index contributed by atoms with van der Waals surface area (Å²) in [7, 11) is 0. The number of aliphatic hydroxyl groups excluding tert-OH is 1. The van der Waals surface area contributed by atoms with E-state index in [-0.39, 0.29) is 24.3 Å². The van der Waals surface area contributed by atoms with E-state index in [0.717, 1.165) is 15.6 Å². The van der Waals surface area contributed by atoms with Crippen LogP contribution in [0, 0.1) is 0 Å². The van der Waals surface area contributed by atoms with Crippen molar-refractivity contribution in [1.82, 2.24) is 24.7 Å². The maximum absolute atomic E-state index is 13.2. The monoisotopic (exact) mass is 573 g/mol. The molecule has 0 radical (unpaired) electrons. The molecule has 4 rings (SSSR count). The molecule has 0 unspecified atom stereocenters. The maximum Gasteiger partial charge on any atom is 0.415 e. The highest BCUT2D eigenvalue weighted by atomic mass is 79.9. The number of hydrogen-bond acceptors (Lipinski definition) is 8. The number of pyridine rings is 1. The van der Waals surface area contributed by atoms with Crippen molar-refractivity contribution in [2.24, 2.45) is 0 Å². The Labute approximate surface area is 221 Å². The van der Waals surface area contributed by atoms with Crippen LogP contribution in [-0.4, -0.2) is 41.5 Å². The third-order valence-electron chi connectivity index (χ3n) is 5.16. The van der Waals surface area contributed by atoms with Crippen LogP contribution in [-0.2, 0) is 24.4 Å². The van der Waals surface area contributed by atoms with Gasteiger partial charge in [-0.25, -0.2) is 14.5 Å². The number of rotatable bonds is 6. The number of fused-ring (bicyclic) bond motifs is 1. The van der Waals surface area contributed by atoms with Gasteiger partial charge >= 0.3 is 6.09 Å². The van der Waals surface area contributed by atoms with Gasteiger partial charge in [-0.3, -0.25) is 9.88 Å². The second-order valence-electron chi connectivity index (χ2n) is 9.12. The number of nitrogens with two attached hydrogens (primary N) is 1. The zero-order valence-corrected chi connectivity index (χ0v) is 22.3. The van der Waals surface area contributed by atoms with Crippen molar-refractivity contribution in [1.29, 1.82) is 0 Å². The lowest BCUT2D eigenvalue weighted by molar-refractivity contribution is 0.0577. The standard InChI is InChI=1S/C24H25BrClN7O3/c1-24(2,3)36-23(35)32(17-7-15(13-34)8-28-9-17)12-16-6-14(4-5-19(16)25)11-33-21-18(10-29-33)20(27)30-22(26)31-21/h4-10,34H,11-13H2,1-3H3,(H2,27,30,31). The normalized spacial score (nSPS) is 11.6. The molecule has 3 aromatic heterocycles. The fourth-order valence-corrected chi connectivity index (χ4v) is 4.09. The van der Waals surface area contributed by atoms with Crippen LogP contribution < -0.4 is 10.6 Å². The van der Waals surface area contributed by atoms with E-state index in [4.69, 9.17) is 22.1 Å². The number of anilines is 2. The van der Waals surface area contributed by atoms with E-state index in [1.807, 2.05) is 18.2 Å². The number of aromatic nitrogens is 5. The fraction of sp³-hybridized carbons (Fsp3) is 0.292. The molecule has 0 atom stereocenters. The Morgan fingerprint density at radius 2 is 1.97 bits per heavy atom. The Balaban J connectivity index is 1.67. The van der Waals surface area contributed by atoms with E-state index in [2.05, 4.69) is 36.0 Å². The number of aliphatic hydroxyl groups is 1. The first-order valence-corrected chi connectivity index (χ1v) is 12.2. The third kappa shape index (κ3) is 5.92. The van der Waals surface area contributed by atoms with Gasteiger partial charge in [0.05, 0.1) is 43.2 Å². The van der Waals surface area contributed by atoms with Crippen LogP contribution in [0.3, 0.4) is 0 Å². The van der Waals surface area contributed by atoms with Crippen LogP contribution in [0.1, 0.15) is 37.5 Å². The summed E-state index contributed by atoms with van der Waals surface area (Å²) in [5.41, 5.74) is 8.62. The van der Waals surface area contributed by atoms with Crippen LogP contribution in [0.5, 0.6) is 0 Å². The molecule has 0 saturated carbocycles. The maximum atomic E-state index is 13.2. The zero-order chi connectivity index (χ0) is 26.0. The number of amides is 1. The SMILES string of the molecule is CC(C)(C)OC(=O)N(Cc1cc(Cn2ncc3c(N)nc(Cl)nc32)ccc1Br)c1cncc(CO)c1. The van der Waals surface area contributed by atoms with Crippen molar-refractivity contribution in [2.45, 2.75) is 46.1 Å². The second-order valence-corrected chi connectivity index (χ2v) is 10.3. The molecule has 0 aliphatic heterocycles. The summed E-state index contributed by atoms with van der Waals surface area (Å²) in [6, 6.07) is 7.52. The highest BCUT2D eigenvalue weighted by Gasteiger charge is 2.25. The number of carbonyl (C=O) groups excluding carboxylic acids is 1. The number of hydrogen-bond donors (Lipinski definition) is 2. The van der Waals surface area contributed by atoms with E-state index in [0.29, 0.717) is 28.8 Å². The number of carbonyl (C=O) groups is 1. The first-order chi connectivity index (χ1) is 17.0. The molecule has 0 aliphatic rings. The van der Waals surface area contributed by atoms with E-state index >= 15 is 0 Å². The van der Waals surface area contributed by atoms with E-state index in [1.165, 1.54) is 4.90 Å². The van der Waals surface area contributed by atoms with Gasteiger partial charge in [-0.05, 0) is 61.2 Å². The van der Waals surface area contributed by atoms with Crippen LogP contribution >= 0.6 is 27.5 Å². The van der Waals surface area contributed by atoms with Gasteiger partial charge in [0.25, 0.3) is 0 Å². The first kappa shape index (κ1) is 25.8. The zero-order valence-electron chi connectivity index (χ0n) is 19.9. The highest BCUT2D eigenvalue weighted by molar-refractivity contribution is 9.10. The molecule has 1 amide bonds. The first-order valence-electron chi connectivity index (χ1n) is 11.0. The predicted octanol–water partition coefficient (Wildman–Crippen LogP) is 4.70. The van der Waals surface area contributed by atoms with Crippen LogP contribution in [0.4, 0.5) is 16.3 Å². The molecular formula is C24H25BrClN7O3. The summed E-state index contributed by atoms with van der Waals surface area (Å²) in [5.74, 6) is 0.263. The smallest absolute Gasteiger partial charge is 0.415 e. The minimum atomic E-state index is -0.692. The molecule has 36 heavy (non-hydrogen) atoms. The lowest BCUT2D eigenvalue weighted by Crippen LogP contribution is -2.36. The summed E-state index contributed by atoms with van der Waals surface area (Å²) >= 11 is 9.59.